The van der Waals surface area contributed by atoms with Gasteiger partial charge in [0.2, 0.25) is 0 Å². The van der Waals surface area contributed by atoms with Crippen molar-refractivity contribution in [2.75, 3.05) is 13.4 Å². The monoisotopic (exact) mass is 382 g/mol. The quantitative estimate of drug-likeness (QED) is 0.397. The number of hydrogen-bond acceptors (Lipinski definition) is 4. The molecule has 0 saturated carbocycles. The first-order valence-electron chi connectivity index (χ1n) is 9.35. The molecule has 1 saturated heterocycles. The van der Waals surface area contributed by atoms with Crippen LogP contribution >= 0.6 is 11.6 Å². The molecule has 26 heavy (non-hydrogen) atoms. The van der Waals surface area contributed by atoms with Crippen LogP contribution in [-0.2, 0) is 30.8 Å². The molecule has 0 unspecified atom stereocenters. The molecular formula is C20H32BClO4. The molecule has 0 amide bonds. The molecule has 0 N–H and O–H groups in total. The van der Waals surface area contributed by atoms with Crippen molar-refractivity contribution in [3.63, 3.8) is 0 Å². The molecule has 1 aliphatic rings. The molecule has 2 rings (SSSR count). The van der Waals surface area contributed by atoms with Crippen LogP contribution in [-0.4, -0.2) is 31.7 Å². The van der Waals surface area contributed by atoms with E-state index >= 15 is 0 Å². The van der Waals surface area contributed by atoms with Gasteiger partial charge in [-0.05, 0) is 77.5 Å². The predicted molar refractivity (Wildman–Crippen MR) is 107 cm³/mol. The molecule has 0 aliphatic carbocycles. The van der Waals surface area contributed by atoms with E-state index in [-0.39, 0.29) is 6.79 Å². The van der Waals surface area contributed by atoms with Gasteiger partial charge in [-0.25, -0.2) is 0 Å². The summed E-state index contributed by atoms with van der Waals surface area (Å²) in [7, 11) is -0.465. The Morgan fingerprint density at radius 2 is 1.65 bits per heavy atom. The summed E-state index contributed by atoms with van der Waals surface area (Å²) in [5.41, 5.74) is 1.59. The Hall–Kier alpha value is -0.585. The first-order chi connectivity index (χ1) is 11.9. The highest BCUT2D eigenvalue weighted by atomic mass is 35.5. The summed E-state index contributed by atoms with van der Waals surface area (Å²) >= 11 is 6.52. The minimum absolute atomic E-state index is 0.222. The predicted octanol–water partition coefficient (Wildman–Crippen LogP) is 4.45. The lowest BCUT2D eigenvalue weighted by molar-refractivity contribution is -0.128. The summed E-state index contributed by atoms with van der Waals surface area (Å²) in [6, 6.07) is 4.07. The van der Waals surface area contributed by atoms with Gasteiger partial charge in [0, 0.05) is 11.6 Å². The first kappa shape index (κ1) is 21.7. The maximum absolute atomic E-state index is 6.52. The molecule has 4 nitrogen and oxygen atoms in total. The average Bonchev–Trinajstić information content (AvgIpc) is 2.75. The highest BCUT2D eigenvalue weighted by Gasteiger charge is 2.53. The van der Waals surface area contributed by atoms with E-state index in [0.717, 1.165) is 28.0 Å². The zero-order valence-electron chi connectivity index (χ0n) is 17.4. The Morgan fingerprint density at radius 1 is 1.08 bits per heavy atom. The number of rotatable bonds is 7. The van der Waals surface area contributed by atoms with E-state index in [1.54, 1.807) is 0 Å². The molecule has 0 bridgehead atoms. The van der Waals surface area contributed by atoms with E-state index in [9.17, 15) is 0 Å². The maximum atomic E-state index is 6.52. The molecule has 1 heterocycles. The number of benzene rings is 1. The van der Waals surface area contributed by atoms with Crippen LogP contribution < -0.4 is 5.46 Å². The standard InChI is InChI=1S/C20H32BClO4/c1-9-14-11-16(21-25-19(5,6)20(7,8)26-21)15(12-17(14)22)18(3,4)24-13-23-10-2/h11-12H,9-10,13H2,1-8H3. The fraction of sp³-hybridized carbons (Fsp3) is 0.700. The molecule has 1 aromatic rings. The third-order valence-corrected chi connectivity index (χ3v) is 5.81. The van der Waals surface area contributed by atoms with Crippen LogP contribution in [0.3, 0.4) is 0 Å². The van der Waals surface area contributed by atoms with Gasteiger partial charge in [-0.15, -0.1) is 0 Å². The Balaban J connectivity index is 2.47. The largest absolute Gasteiger partial charge is 0.495 e. The maximum Gasteiger partial charge on any atom is 0.495 e. The number of aryl methyl sites for hydroxylation is 1. The van der Waals surface area contributed by atoms with Crippen LogP contribution in [0.1, 0.15) is 66.5 Å². The van der Waals surface area contributed by atoms with Gasteiger partial charge < -0.3 is 18.8 Å². The number of halogens is 1. The number of ether oxygens (including phenoxy) is 2. The van der Waals surface area contributed by atoms with Crippen LogP contribution in [0.25, 0.3) is 0 Å². The minimum Gasteiger partial charge on any atom is -0.399 e. The summed E-state index contributed by atoms with van der Waals surface area (Å²) in [5.74, 6) is 0. The van der Waals surface area contributed by atoms with Crippen molar-refractivity contribution in [1.82, 2.24) is 0 Å². The van der Waals surface area contributed by atoms with Crippen molar-refractivity contribution in [2.45, 2.75) is 78.6 Å². The van der Waals surface area contributed by atoms with Crippen LogP contribution in [0.5, 0.6) is 0 Å². The van der Waals surface area contributed by atoms with Crippen molar-refractivity contribution < 1.29 is 18.8 Å². The van der Waals surface area contributed by atoms with Crippen molar-refractivity contribution >= 4 is 24.2 Å². The van der Waals surface area contributed by atoms with Gasteiger partial charge in [-0.2, -0.15) is 0 Å². The zero-order valence-corrected chi connectivity index (χ0v) is 18.1. The molecule has 1 fully saturated rings. The first-order valence-corrected chi connectivity index (χ1v) is 9.73. The lowest BCUT2D eigenvalue weighted by Crippen LogP contribution is -2.42. The highest BCUT2D eigenvalue weighted by molar-refractivity contribution is 6.62. The fourth-order valence-corrected chi connectivity index (χ4v) is 3.24. The Morgan fingerprint density at radius 3 is 2.15 bits per heavy atom. The molecule has 1 aliphatic heterocycles. The van der Waals surface area contributed by atoms with E-state index < -0.39 is 23.9 Å². The zero-order chi connectivity index (χ0) is 19.8. The van der Waals surface area contributed by atoms with Crippen molar-refractivity contribution in [1.29, 1.82) is 0 Å². The minimum atomic E-state index is -0.593. The van der Waals surface area contributed by atoms with E-state index in [2.05, 4.69) is 40.7 Å². The van der Waals surface area contributed by atoms with Gasteiger partial charge in [0.15, 0.2) is 0 Å². The smallest absolute Gasteiger partial charge is 0.399 e. The summed E-state index contributed by atoms with van der Waals surface area (Å²) in [6.07, 6.45) is 0.839. The second-order valence-corrected chi connectivity index (χ2v) is 8.65. The molecular weight excluding hydrogens is 350 g/mol. The normalized spacial score (nSPS) is 19.2. The van der Waals surface area contributed by atoms with Gasteiger partial charge in [-0.3, -0.25) is 0 Å². The van der Waals surface area contributed by atoms with Crippen molar-refractivity contribution in [3.05, 3.63) is 28.3 Å². The Labute approximate surface area is 163 Å². The van der Waals surface area contributed by atoms with E-state index in [0.29, 0.717) is 6.61 Å². The second-order valence-electron chi connectivity index (χ2n) is 8.24. The van der Waals surface area contributed by atoms with E-state index in [4.69, 9.17) is 30.4 Å². The summed E-state index contributed by atoms with van der Waals surface area (Å²) in [5, 5.41) is 0.732. The van der Waals surface area contributed by atoms with E-state index in [1.807, 2.05) is 26.8 Å². The Kier molecular flexibility index (Phi) is 6.52. The summed E-state index contributed by atoms with van der Waals surface area (Å²) in [4.78, 5) is 0. The molecule has 1 aromatic carbocycles. The van der Waals surface area contributed by atoms with Gasteiger partial charge in [0.1, 0.15) is 6.79 Å². The molecule has 146 valence electrons. The lowest BCUT2D eigenvalue weighted by atomic mass is 9.71. The van der Waals surface area contributed by atoms with Gasteiger partial charge >= 0.3 is 7.12 Å². The SMILES string of the molecule is CCOCOC(C)(C)c1cc(Cl)c(CC)cc1B1OC(C)(C)C(C)(C)O1. The van der Waals surface area contributed by atoms with E-state index in [1.165, 1.54) is 0 Å². The van der Waals surface area contributed by atoms with Crippen LogP contribution in [0.4, 0.5) is 0 Å². The third-order valence-electron chi connectivity index (χ3n) is 5.46. The topological polar surface area (TPSA) is 36.9 Å². The fourth-order valence-electron chi connectivity index (χ4n) is 2.94. The van der Waals surface area contributed by atoms with Gasteiger partial charge in [0.25, 0.3) is 0 Å². The molecule has 6 heteroatoms. The lowest BCUT2D eigenvalue weighted by Gasteiger charge is -2.32. The van der Waals surface area contributed by atoms with Crippen LogP contribution in [0, 0.1) is 0 Å². The van der Waals surface area contributed by atoms with Crippen LogP contribution in [0.15, 0.2) is 12.1 Å². The third kappa shape index (κ3) is 4.28. The average molecular weight is 383 g/mol. The second kappa shape index (κ2) is 7.80. The number of hydrogen-bond donors (Lipinski definition) is 0. The van der Waals surface area contributed by atoms with Crippen LogP contribution in [0.2, 0.25) is 5.02 Å². The summed E-state index contributed by atoms with van der Waals surface area (Å²) < 4.78 is 24.0. The van der Waals surface area contributed by atoms with Gasteiger partial charge in [-0.1, -0.05) is 24.6 Å². The Bertz CT molecular complexity index is 627. The molecule has 0 radical (unpaired) electrons. The molecule has 0 aromatic heterocycles. The van der Waals surface area contributed by atoms with Crippen molar-refractivity contribution in [2.24, 2.45) is 0 Å². The summed E-state index contributed by atoms with van der Waals surface area (Å²) in [6.45, 7) is 17.1. The molecule has 0 atom stereocenters. The van der Waals surface area contributed by atoms with Crippen molar-refractivity contribution in [3.8, 4) is 0 Å². The highest BCUT2D eigenvalue weighted by Crippen LogP contribution is 2.38. The molecule has 0 spiro atoms. The van der Waals surface area contributed by atoms with Gasteiger partial charge in [0.05, 0.1) is 16.8 Å².